The van der Waals surface area contributed by atoms with Gasteiger partial charge in [0, 0.05) is 6.54 Å². The molecule has 0 radical (unpaired) electrons. The summed E-state index contributed by atoms with van der Waals surface area (Å²) < 4.78 is 30.5. The van der Waals surface area contributed by atoms with E-state index in [0.29, 0.717) is 0 Å². The summed E-state index contributed by atoms with van der Waals surface area (Å²) in [5, 5.41) is 0. The number of hydrogen-bond donors (Lipinski definition) is 1. The molecule has 1 N–H and O–H groups in total. The number of sulfonamides is 1. The molecule has 18 heavy (non-hydrogen) atoms. The number of rotatable bonds is 5. The third kappa shape index (κ3) is 3.69. The second kappa shape index (κ2) is 5.69. The quantitative estimate of drug-likeness (QED) is 0.652. The Kier molecular flexibility index (Phi) is 4.72. The summed E-state index contributed by atoms with van der Waals surface area (Å²) in [5.74, 6) is -0.695. The van der Waals surface area contributed by atoms with Crippen LogP contribution in [0.3, 0.4) is 0 Å². The van der Waals surface area contributed by atoms with Crippen molar-refractivity contribution >= 4 is 27.6 Å². The molecule has 0 aliphatic carbocycles. The largest absolute Gasteiger partial charge is 0.468 e. The van der Waals surface area contributed by atoms with Gasteiger partial charge in [-0.25, -0.2) is 13.1 Å². The van der Waals surface area contributed by atoms with Crippen LogP contribution in [-0.4, -0.2) is 32.9 Å². The van der Waals surface area contributed by atoms with Crippen molar-refractivity contribution in [1.82, 2.24) is 4.72 Å². The van der Waals surface area contributed by atoms with Gasteiger partial charge < -0.3 is 4.74 Å². The maximum Gasteiger partial charge on any atom is 0.327 e. The number of alkyl halides is 1. The van der Waals surface area contributed by atoms with Crippen molar-refractivity contribution in [2.24, 2.45) is 0 Å². The molecule has 0 saturated carbocycles. The Labute approximate surface area is 111 Å². The molecule has 0 unspecified atom stereocenters. The highest BCUT2D eigenvalue weighted by molar-refractivity contribution is 7.89. The predicted molar refractivity (Wildman–Crippen MR) is 67.9 cm³/mol. The van der Waals surface area contributed by atoms with E-state index in [1.807, 2.05) is 0 Å². The lowest BCUT2D eigenvalue weighted by molar-refractivity contribution is -0.143. The van der Waals surface area contributed by atoms with E-state index in [1.54, 1.807) is 18.2 Å². The van der Waals surface area contributed by atoms with E-state index in [9.17, 15) is 13.2 Å². The number of hydrogen-bond acceptors (Lipinski definition) is 4. The van der Waals surface area contributed by atoms with Gasteiger partial charge in [-0.1, -0.05) is 18.2 Å². The zero-order chi connectivity index (χ0) is 13.8. The topological polar surface area (TPSA) is 72.5 Å². The molecule has 1 atom stereocenters. The standard InChI is InChI=1S/C11H14ClNO4S/c1-11(12,10(14)17-2)8-13-18(15,16)9-6-4-3-5-7-9/h3-7,13H,8H2,1-2H3/t11-/m1/s1. The van der Waals surface area contributed by atoms with Crippen LogP contribution in [0.1, 0.15) is 6.92 Å². The summed E-state index contributed by atoms with van der Waals surface area (Å²) in [6, 6.07) is 7.82. The zero-order valence-corrected chi connectivity index (χ0v) is 11.6. The highest BCUT2D eigenvalue weighted by Gasteiger charge is 2.33. The molecule has 0 bridgehead atoms. The Balaban J connectivity index is 2.78. The van der Waals surface area contributed by atoms with Gasteiger partial charge in [-0.3, -0.25) is 4.79 Å². The van der Waals surface area contributed by atoms with Gasteiger partial charge >= 0.3 is 5.97 Å². The van der Waals surface area contributed by atoms with Crippen LogP contribution in [0.25, 0.3) is 0 Å². The number of halogens is 1. The number of benzene rings is 1. The first-order chi connectivity index (χ1) is 8.29. The zero-order valence-electron chi connectivity index (χ0n) is 10.0. The SMILES string of the molecule is COC(=O)[C@](C)(Cl)CNS(=O)(=O)c1ccccc1. The molecule has 0 aromatic heterocycles. The van der Waals surface area contributed by atoms with Gasteiger partial charge in [0.15, 0.2) is 4.87 Å². The first-order valence-electron chi connectivity index (χ1n) is 5.11. The highest BCUT2D eigenvalue weighted by Crippen LogP contribution is 2.16. The average molecular weight is 292 g/mol. The molecule has 5 nitrogen and oxygen atoms in total. The van der Waals surface area contributed by atoms with E-state index in [2.05, 4.69) is 9.46 Å². The van der Waals surface area contributed by atoms with Gasteiger partial charge in [-0.05, 0) is 19.1 Å². The first kappa shape index (κ1) is 14.9. The van der Waals surface area contributed by atoms with Gasteiger partial charge in [0.05, 0.1) is 12.0 Å². The fourth-order valence-corrected chi connectivity index (χ4v) is 2.58. The highest BCUT2D eigenvalue weighted by atomic mass is 35.5. The summed E-state index contributed by atoms with van der Waals surface area (Å²) in [6.45, 7) is 1.13. The van der Waals surface area contributed by atoms with E-state index < -0.39 is 20.9 Å². The second-order valence-corrected chi connectivity index (χ2v) is 6.43. The number of carbonyl (C=O) groups is 1. The third-order valence-corrected chi connectivity index (χ3v) is 3.96. The van der Waals surface area contributed by atoms with Crippen LogP contribution in [0.2, 0.25) is 0 Å². The lowest BCUT2D eigenvalue weighted by Crippen LogP contribution is -2.43. The van der Waals surface area contributed by atoms with Crippen LogP contribution in [0.15, 0.2) is 35.2 Å². The van der Waals surface area contributed by atoms with Crippen molar-refractivity contribution in [3.8, 4) is 0 Å². The van der Waals surface area contributed by atoms with Crippen LogP contribution in [-0.2, 0) is 19.6 Å². The van der Waals surface area contributed by atoms with E-state index in [4.69, 9.17) is 11.6 Å². The molecule has 0 fully saturated rings. The van der Waals surface area contributed by atoms with E-state index in [0.717, 1.165) is 0 Å². The summed E-state index contributed by atoms with van der Waals surface area (Å²) in [4.78, 5) is 9.98. The van der Waals surface area contributed by atoms with Crippen LogP contribution in [0.5, 0.6) is 0 Å². The molecule has 0 aliphatic rings. The summed E-state index contributed by atoms with van der Waals surface area (Å²) in [7, 11) is -2.49. The monoisotopic (exact) mass is 291 g/mol. The van der Waals surface area contributed by atoms with Crippen molar-refractivity contribution in [3.05, 3.63) is 30.3 Å². The Hall–Kier alpha value is -1.11. The number of ether oxygens (including phenoxy) is 1. The van der Waals surface area contributed by atoms with Crippen LogP contribution < -0.4 is 4.72 Å². The average Bonchev–Trinajstić information content (AvgIpc) is 2.36. The van der Waals surface area contributed by atoms with Gasteiger partial charge in [0.25, 0.3) is 0 Å². The molecular weight excluding hydrogens is 278 g/mol. The van der Waals surface area contributed by atoms with Crippen molar-refractivity contribution < 1.29 is 17.9 Å². The molecule has 0 spiro atoms. The molecule has 1 aromatic carbocycles. The molecule has 0 saturated heterocycles. The van der Waals surface area contributed by atoms with Crippen LogP contribution in [0.4, 0.5) is 0 Å². The summed E-state index contributed by atoms with van der Waals surface area (Å²) in [6.07, 6.45) is 0. The fraction of sp³-hybridized carbons (Fsp3) is 0.364. The maximum absolute atomic E-state index is 11.9. The van der Waals surface area contributed by atoms with Crippen molar-refractivity contribution in [2.75, 3.05) is 13.7 Å². The second-order valence-electron chi connectivity index (χ2n) is 3.83. The number of carbonyl (C=O) groups excluding carboxylic acids is 1. The molecule has 1 aromatic rings. The van der Waals surface area contributed by atoms with Crippen LogP contribution in [0, 0.1) is 0 Å². The lowest BCUT2D eigenvalue weighted by Gasteiger charge is -2.19. The minimum atomic E-state index is -3.68. The van der Waals surface area contributed by atoms with Crippen molar-refractivity contribution in [3.63, 3.8) is 0 Å². The van der Waals surface area contributed by atoms with Gasteiger partial charge in [0.1, 0.15) is 0 Å². The molecule has 0 heterocycles. The van der Waals surface area contributed by atoms with Crippen LogP contribution >= 0.6 is 11.6 Å². The number of esters is 1. The molecule has 1 rings (SSSR count). The van der Waals surface area contributed by atoms with Crippen molar-refractivity contribution in [1.29, 1.82) is 0 Å². The van der Waals surface area contributed by atoms with Gasteiger partial charge in [0.2, 0.25) is 10.0 Å². The number of nitrogens with one attached hydrogen (secondary N) is 1. The molecule has 0 amide bonds. The predicted octanol–water partition coefficient (Wildman–Crippen LogP) is 1.14. The lowest BCUT2D eigenvalue weighted by atomic mass is 10.2. The third-order valence-electron chi connectivity index (χ3n) is 2.26. The maximum atomic E-state index is 11.9. The normalized spacial score (nSPS) is 14.8. The Morgan fingerprint density at radius 2 is 1.94 bits per heavy atom. The van der Waals surface area contributed by atoms with Gasteiger partial charge in [-0.15, -0.1) is 11.6 Å². The van der Waals surface area contributed by atoms with E-state index in [-0.39, 0.29) is 11.4 Å². The minimum Gasteiger partial charge on any atom is -0.468 e. The first-order valence-corrected chi connectivity index (χ1v) is 6.98. The Morgan fingerprint density at radius 1 is 1.39 bits per heavy atom. The molecular formula is C11H14ClNO4S. The van der Waals surface area contributed by atoms with Gasteiger partial charge in [-0.2, -0.15) is 0 Å². The van der Waals surface area contributed by atoms with E-state index >= 15 is 0 Å². The van der Waals surface area contributed by atoms with Crippen molar-refractivity contribution in [2.45, 2.75) is 16.7 Å². The minimum absolute atomic E-state index is 0.113. The molecule has 0 aliphatic heterocycles. The smallest absolute Gasteiger partial charge is 0.327 e. The Bertz CT molecular complexity index is 513. The Morgan fingerprint density at radius 3 is 2.44 bits per heavy atom. The fourth-order valence-electron chi connectivity index (χ4n) is 1.20. The molecule has 7 heteroatoms. The van der Waals surface area contributed by atoms with E-state index in [1.165, 1.54) is 26.2 Å². The summed E-state index contributed by atoms with van der Waals surface area (Å²) in [5.41, 5.74) is 0. The number of methoxy groups -OCH3 is 1. The summed E-state index contributed by atoms with van der Waals surface area (Å²) >= 11 is 5.88. The molecule has 100 valence electrons.